The zero-order valence-corrected chi connectivity index (χ0v) is 59.0. The second kappa shape index (κ2) is 30.3. The first-order valence-electron chi connectivity index (χ1n) is 32.7. The van der Waals surface area contributed by atoms with Crippen molar-refractivity contribution in [3.8, 4) is 28.7 Å². The van der Waals surface area contributed by atoms with Gasteiger partial charge < -0.3 is 97.5 Å². The highest BCUT2D eigenvalue weighted by Crippen LogP contribution is 2.48. The van der Waals surface area contributed by atoms with Crippen LogP contribution < -0.4 is 38.4 Å². The minimum atomic E-state index is -5.28. The van der Waals surface area contributed by atoms with Gasteiger partial charge in [-0.05, 0) is 77.4 Å². The third-order valence-corrected chi connectivity index (χ3v) is 18.9. The molecule has 29 nitrogen and oxygen atoms in total. The van der Waals surface area contributed by atoms with Crippen molar-refractivity contribution in [2.24, 2.45) is 21.7 Å². The van der Waals surface area contributed by atoms with Crippen LogP contribution in [0.2, 0.25) is 0 Å². The minimum Gasteiger partial charge on any atom is -0.497 e. The summed E-state index contributed by atoms with van der Waals surface area (Å²) in [4.78, 5) is 60.8. The van der Waals surface area contributed by atoms with E-state index >= 15 is 0 Å². The minimum absolute atomic E-state index is 0.0267. The monoisotopic (exact) mass is 1440 g/mol. The second-order valence-electron chi connectivity index (χ2n) is 29.3. The van der Waals surface area contributed by atoms with Crippen molar-refractivity contribution >= 4 is 73.0 Å². The number of nitrogens with one attached hydrogen (secondary N) is 3. The smallest absolute Gasteiger partial charge is 0.497 e. The number of anilines is 1. The molecular formula is C69H90ClN7O22S. The van der Waals surface area contributed by atoms with Gasteiger partial charge in [-0.3, -0.25) is 29.1 Å². The average molecular weight is 1440 g/mol. The molecule has 0 spiro atoms. The molecule has 10 rings (SSSR count). The summed E-state index contributed by atoms with van der Waals surface area (Å²) in [6.07, 6.45) is -8.30. The number of allylic oxidation sites excluding steroid dienone is 1. The number of carbonyl (C=O) groups excluding carboxylic acids is 4. The molecule has 10 atom stereocenters. The summed E-state index contributed by atoms with van der Waals surface area (Å²) in [5, 5.41) is 75.3. The predicted molar refractivity (Wildman–Crippen MR) is 363 cm³/mol. The molecule has 0 radical (unpaired) electrons. The van der Waals surface area contributed by atoms with Crippen molar-refractivity contribution in [1.82, 2.24) is 30.8 Å². The molecule has 546 valence electrons. The lowest BCUT2D eigenvalue weighted by Crippen LogP contribution is -2.60. The second-order valence-corrected chi connectivity index (χ2v) is 30.7. The lowest BCUT2D eigenvalue weighted by molar-refractivity contribution is -0.277. The van der Waals surface area contributed by atoms with Gasteiger partial charge >= 0.3 is 10.4 Å². The van der Waals surface area contributed by atoms with Crippen LogP contribution in [0.25, 0.3) is 21.7 Å². The maximum atomic E-state index is 14.8. The molecule has 5 aliphatic rings. The lowest BCUT2D eigenvalue weighted by Gasteiger charge is -2.39. The van der Waals surface area contributed by atoms with E-state index in [0.717, 1.165) is 11.8 Å². The van der Waals surface area contributed by atoms with E-state index in [1.165, 1.54) is 64.3 Å². The number of carbonyl (C=O) groups is 4. The molecule has 0 bridgehead atoms. The summed E-state index contributed by atoms with van der Waals surface area (Å²) >= 11 is 6.66. The standard InChI is InChI=1S/C69H90ClN7O22S/c1-66(2,34-92-37-69(7,8)33-77-55(81)17-18-56(77)82)25-41-28-75(73-72-41)32-68(5,6)36-93-35-67(3,4)31-74(9)63(87)39-12-16-50(95-57-24-49(80)59(83)53(29-78)96-57)52(20-39)99-100(89,90)98-51-23-48-58(45-21-42(91-10)14-15-44(45)51)40(26-70)27-76(48)64(88)47-19-38-11-13-43(22-46(38)71-47)94-65-62(86)61(85)60(84)54(30-79)97-65/h11-23,28,40,49,53-54,57,59-62,65,71-73,78-80,83-86H,24-27,29-37H2,1-10H3/t40?,49?,53-,54-,57-,59-,60+,61+,62-,65-/m1/s1. The lowest BCUT2D eigenvalue weighted by atomic mass is 9.88. The molecule has 4 aromatic carbocycles. The number of imide groups is 1. The van der Waals surface area contributed by atoms with Crippen LogP contribution >= 0.6 is 11.6 Å². The van der Waals surface area contributed by atoms with Crippen molar-refractivity contribution < 1.29 is 105 Å². The molecular weight excluding hydrogens is 1350 g/mol. The molecule has 31 heteroatoms. The number of aromatic amines is 1. The maximum absolute atomic E-state index is 14.8. The highest BCUT2D eigenvalue weighted by Gasteiger charge is 2.46. The first-order chi connectivity index (χ1) is 47.1. The summed E-state index contributed by atoms with van der Waals surface area (Å²) < 4.78 is 82.2. The number of benzene rings is 4. The Morgan fingerprint density at radius 1 is 0.710 bits per heavy atom. The van der Waals surface area contributed by atoms with Gasteiger partial charge in [-0.15, -0.1) is 25.6 Å². The van der Waals surface area contributed by atoms with Crippen molar-refractivity contribution in [2.75, 3.05) is 90.8 Å². The number of hydrogen-bond donors (Lipinski definition) is 10. The Morgan fingerprint density at radius 3 is 2.04 bits per heavy atom. The number of aromatic nitrogens is 1. The summed E-state index contributed by atoms with van der Waals surface area (Å²) in [5.74, 6) is -2.85. The van der Waals surface area contributed by atoms with Crippen LogP contribution in [0, 0.1) is 21.7 Å². The molecule has 1 aromatic heterocycles. The Bertz CT molecular complexity index is 4000. The number of nitrogens with zero attached hydrogens (tertiary/aromatic N) is 4. The van der Waals surface area contributed by atoms with Crippen molar-refractivity contribution in [2.45, 2.75) is 129 Å². The van der Waals surface area contributed by atoms with Crippen LogP contribution in [0.15, 0.2) is 90.8 Å². The highest BCUT2D eigenvalue weighted by atomic mass is 35.5. The Kier molecular flexibility index (Phi) is 22.8. The van der Waals surface area contributed by atoms with Gasteiger partial charge in [0.2, 0.25) is 12.6 Å². The molecule has 2 fully saturated rings. The van der Waals surface area contributed by atoms with Crippen LogP contribution in [-0.4, -0.2) is 229 Å². The van der Waals surface area contributed by atoms with Crippen LogP contribution in [0.3, 0.4) is 0 Å². The molecule has 4 amide bonds. The Balaban J connectivity index is 0.821. The van der Waals surface area contributed by atoms with E-state index < -0.39 is 113 Å². The van der Waals surface area contributed by atoms with Crippen molar-refractivity contribution in [3.05, 3.63) is 108 Å². The molecule has 2 saturated heterocycles. The van der Waals surface area contributed by atoms with Gasteiger partial charge in [-0.1, -0.05) is 55.4 Å². The molecule has 6 heterocycles. The zero-order chi connectivity index (χ0) is 72.6. The van der Waals surface area contributed by atoms with Gasteiger partial charge in [0.15, 0.2) is 17.2 Å². The number of alkyl halides is 1. The van der Waals surface area contributed by atoms with Gasteiger partial charge in [0.1, 0.15) is 53.8 Å². The summed E-state index contributed by atoms with van der Waals surface area (Å²) in [6.45, 7) is 17.1. The first kappa shape index (κ1) is 75.3. The summed E-state index contributed by atoms with van der Waals surface area (Å²) in [5.41, 5.74) is 6.99. The number of hydrogen-bond acceptors (Lipinski definition) is 25. The Labute approximate surface area is 584 Å². The van der Waals surface area contributed by atoms with Crippen LogP contribution in [0.4, 0.5) is 5.69 Å². The van der Waals surface area contributed by atoms with E-state index in [4.69, 9.17) is 53.1 Å². The van der Waals surface area contributed by atoms with Crippen LogP contribution in [0.1, 0.15) is 101 Å². The number of aliphatic hydroxyl groups excluding tert-OH is 7. The van der Waals surface area contributed by atoms with Crippen LogP contribution in [-0.2, 0) is 38.9 Å². The highest BCUT2D eigenvalue weighted by molar-refractivity contribution is 7.82. The number of rotatable bonds is 30. The topological polar surface area (TPSA) is 380 Å². The Hall–Kier alpha value is -7.40. The number of H-pyrrole nitrogens is 1. The van der Waals surface area contributed by atoms with Crippen LogP contribution in [0.5, 0.6) is 28.7 Å². The molecule has 0 saturated carbocycles. The number of amides is 4. The summed E-state index contributed by atoms with van der Waals surface area (Å²) in [7, 11) is -2.25. The number of methoxy groups -OCH3 is 1. The summed E-state index contributed by atoms with van der Waals surface area (Å²) in [6, 6.07) is 16.2. The fraction of sp³-hybridized carbons (Fsp3) is 0.536. The normalized spacial score (nSPS) is 23.7. The molecule has 0 aliphatic carbocycles. The molecule has 5 aliphatic heterocycles. The number of hydrazine groups is 2. The van der Waals surface area contributed by atoms with Gasteiger partial charge in [0, 0.05) is 126 Å². The van der Waals surface area contributed by atoms with Gasteiger partial charge in [-0.25, -0.2) is 0 Å². The van der Waals surface area contributed by atoms with Crippen molar-refractivity contribution in [1.29, 1.82) is 0 Å². The number of halogens is 1. The fourth-order valence-corrected chi connectivity index (χ4v) is 13.9. The number of ether oxygens (including phenoxy) is 7. The zero-order valence-electron chi connectivity index (χ0n) is 57.4. The van der Waals surface area contributed by atoms with E-state index in [1.54, 1.807) is 37.4 Å². The largest absolute Gasteiger partial charge is 0.501 e. The van der Waals surface area contributed by atoms with Gasteiger partial charge in [0.25, 0.3) is 23.6 Å². The van der Waals surface area contributed by atoms with Gasteiger partial charge in [0.05, 0.1) is 58.5 Å². The molecule has 2 unspecified atom stereocenters. The third kappa shape index (κ3) is 17.5. The SMILES string of the molecule is COc1ccc2c(OS(=O)(=O)Oc3cc(C(=O)N(C)CC(C)(C)COCC(C)(C)CN4C=C(CC(C)(C)COCC(C)(C)CN5C(=O)C=CC5=O)NN4)ccc3O[C@H]3CC(O)[C@@H](O)[C@@H](CO)O3)cc3c(c2c1)C(CCl)CN3C(=O)c1cc2ccc(O[C@@H]3O[C@H](CO)[C@H](O)[C@H](O)[C@H]3O)cc2[nH]1. The molecule has 100 heavy (non-hydrogen) atoms. The quantitative estimate of drug-likeness (QED) is 0.0228. The van der Waals surface area contributed by atoms with E-state index in [2.05, 4.69) is 43.6 Å². The van der Waals surface area contributed by atoms with Gasteiger partial charge in [-0.2, -0.15) is 0 Å². The van der Waals surface area contributed by atoms with E-state index in [1.807, 2.05) is 38.9 Å². The molecule has 5 aromatic rings. The average Bonchev–Trinajstić information content (AvgIpc) is 1.53. The van der Waals surface area contributed by atoms with Crippen molar-refractivity contribution in [3.63, 3.8) is 0 Å². The fourth-order valence-electron chi connectivity index (χ4n) is 12.9. The number of aliphatic hydroxyl groups is 7. The van der Waals surface area contributed by atoms with E-state index in [9.17, 15) is 63.3 Å². The number of fused-ring (bicyclic) bond motifs is 4. The third-order valence-electron chi connectivity index (χ3n) is 17.7. The Morgan fingerprint density at radius 2 is 1.36 bits per heavy atom. The maximum Gasteiger partial charge on any atom is 0.501 e. The van der Waals surface area contributed by atoms with E-state index in [-0.39, 0.29) is 101 Å². The predicted octanol–water partition coefficient (Wildman–Crippen LogP) is 4.09. The first-order valence-corrected chi connectivity index (χ1v) is 34.6. The molecule has 10 N–H and O–H groups in total. The van der Waals surface area contributed by atoms with E-state index in [0.29, 0.717) is 60.4 Å².